The van der Waals surface area contributed by atoms with Crippen molar-refractivity contribution in [1.82, 2.24) is 24.7 Å². The number of nitrogens with one attached hydrogen (secondary N) is 2. The van der Waals surface area contributed by atoms with E-state index in [1.807, 2.05) is 42.5 Å². The first kappa shape index (κ1) is 49.7. The average molecular weight is 1000 g/mol. The van der Waals surface area contributed by atoms with Crippen molar-refractivity contribution in [3.8, 4) is 0 Å². The van der Waals surface area contributed by atoms with E-state index in [4.69, 9.17) is 16.3 Å². The minimum absolute atomic E-state index is 0.0168. The summed E-state index contributed by atoms with van der Waals surface area (Å²) in [5, 5.41) is 3.80. The van der Waals surface area contributed by atoms with Crippen LogP contribution in [0.1, 0.15) is 69.2 Å². The van der Waals surface area contributed by atoms with E-state index >= 15 is 0 Å². The van der Waals surface area contributed by atoms with E-state index in [0.717, 1.165) is 73.8 Å². The van der Waals surface area contributed by atoms with Crippen LogP contribution >= 0.6 is 23.4 Å². The lowest BCUT2D eigenvalue weighted by Crippen LogP contribution is -2.47. The maximum absolute atomic E-state index is 14.3. The molecule has 2 N–H and O–H groups in total. The molecule has 0 radical (unpaired) electrons. The van der Waals surface area contributed by atoms with Gasteiger partial charge in [0, 0.05) is 72.6 Å². The summed E-state index contributed by atoms with van der Waals surface area (Å²) in [5.41, 5.74) is -0.333. The molecule has 0 bridgehead atoms. The molecule has 1 atom stereocenters. The van der Waals surface area contributed by atoms with Crippen LogP contribution in [0.4, 0.5) is 24.7 Å². The highest BCUT2D eigenvalue weighted by molar-refractivity contribution is 7.99. The predicted octanol–water partition coefficient (Wildman–Crippen LogP) is 9.01. The van der Waals surface area contributed by atoms with Crippen molar-refractivity contribution in [3.05, 3.63) is 107 Å². The number of sulfonamides is 1. The van der Waals surface area contributed by atoms with Crippen molar-refractivity contribution in [2.24, 2.45) is 5.41 Å². The summed E-state index contributed by atoms with van der Waals surface area (Å²) in [5.74, 6) is 0.420. The smallest absolute Gasteiger partial charge is 0.380 e. The zero-order valence-corrected chi connectivity index (χ0v) is 41.1. The third-order valence-electron chi connectivity index (χ3n) is 13.4. The van der Waals surface area contributed by atoms with Crippen molar-refractivity contribution in [2.45, 2.75) is 97.6 Å². The van der Waals surface area contributed by atoms with Crippen LogP contribution in [0.3, 0.4) is 0 Å². The Morgan fingerprint density at radius 1 is 0.910 bits per heavy atom. The summed E-state index contributed by atoms with van der Waals surface area (Å²) in [6.45, 7) is 11.8. The lowest BCUT2D eigenvalue weighted by molar-refractivity contribution is -0.0435. The number of likely N-dealkylation sites (tertiary alicyclic amines) is 1. The molecule has 4 heterocycles. The normalized spacial score (nSPS) is 19.8. The number of hydrogen-bond acceptors (Lipinski definition) is 12. The zero-order chi connectivity index (χ0) is 47.4. The van der Waals surface area contributed by atoms with E-state index in [1.54, 1.807) is 0 Å². The molecule has 67 heavy (non-hydrogen) atoms. The fourth-order valence-corrected chi connectivity index (χ4v) is 12.9. The Bertz CT molecular complexity index is 2610. The van der Waals surface area contributed by atoms with Crippen molar-refractivity contribution in [1.29, 1.82) is 0 Å². The molecule has 362 valence electrons. The molecule has 0 spiro atoms. The summed E-state index contributed by atoms with van der Waals surface area (Å²) in [7, 11) is -10.6. The molecule has 0 unspecified atom stereocenters. The monoisotopic (exact) mass is 1000 g/mol. The highest BCUT2D eigenvalue weighted by Crippen LogP contribution is 2.43. The van der Waals surface area contributed by atoms with Gasteiger partial charge < -0.3 is 10.1 Å². The minimum Gasteiger partial charge on any atom is -0.380 e. The van der Waals surface area contributed by atoms with Crippen LogP contribution in [-0.4, -0.2) is 124 Å². The molecule has 8 rings (SSSR count). The quantitative estimate of drug-likeness (QED) is 0.104. The maximum Gasteiger partial charge on any atom is 0.501 e. The number of piperidine rings is 1. The molecule has 2 fully saturated rings. The maximum atomic E-state index is 14.3. The number of rotatable bonds is 16. The van der Waals surface area contributed by atoms with Crippen molar-refractivity contribution < 1.29 is 34.7 Å². The van der Waals surface area contributed by atoms with Gasteiger partial charge in [-0.3, -0.25) is 19.4 Å². The third-order valence-corrected chi connectivity index (χ3v) is 17.7. The van der Waals surface area contributed by atoms with Gasteiger partial charge in [-0.05, 0) is 117 Å². The van der Waals surface area contributed by atoms with Gasteiger partial charge >= 0.3 is 5.51 Å². The van der Waals surface area contributed by atoms with Gasteiger partial charge in [-0.1, -0.05) is 61.4 Å². The van der Waals surface area contributed by atoms with Gasteiger partial charge in [-0.25, -0.2) is 26.8 Å². The molecular weight excluding hydrogens is 943 g/mol. The van der Waals surface area contributed by atoms with Crippen LogP contribution in [0, 0.1) is 5.41 Å². The average Bonchev–Trinajstić information content (AvgIpc) is 3.30. The minimum atomic E-state index is -6.00. The number of fused-ring (bicyclic) bond motifs is 1. The molecule has 2 saturated heterocycles. The lowest BCUT2D eigenvalue weighted by atomic mass is 9.72. The number of morpholine rings is 1. The van der Waals surface area contributed by atoms with E-state index < -0.39 is 41.2 Å². The standard InChI is InChI=1S/C48H59ClF3N7O5S3/c1-47(2)19-14-41(34-8-10-36(49)11-9-34)35(29-47)30-58-21-16-38(17-22-58)59-23-18-42-44(31-59)53-33-54-46(42)56-67(62,63)40-12-13-43(45(28-40)66(60,61)48(50,51)52)55-37(15-20-57-24-26-64-27-25-57)32-65-39-6-4-3-5-7-39/h3-13,28,33,37-38,55H,14-27,29-32H2,1-2H3,(H,53,54,56)/t37-/m1/s1. The Morgan fingerprint density at radius 3 is 2.36 bits per heavy atom. The molecular formula is C48H59ClF3N7O5S3. The number of sulfone groups is 1. The number of ether oxygens (including phenoxy) is 1. The Kier molecular flexibility index (Phi) is 15.6. The number of allylic oxidation sites excluding steroid dienone is 1. The first-order valence-corrected chi connectivity index (χ1v) is 27.3. The number of hydrogen-bond donors (Lipinski definition) is 2. The first-order chi connectivity index (χ1) is 31.9. The fourth-order valence-electron chi connectivity index (χ4n) is 9.67. The van der Waals surface area contributed by atoms with E-state index in [2.05, 4.69) is 60.7 Å². The number of benzene rings is 3. The summed E-state index contributed by atoms with van der Waals surface area (Å²) in [6, 6.07) is 20.3. The molecule has 1 aromatic heterocycles. The second kappa shape index (κ2) is 21.1. The fraction of sp³-hybridized carbons (Fsp3) is 0.500. The number of alkyl halides is 3. The number of aromatic nitrogens is 2. The summed E-state index contributed by atoms with van der Waals surface area (Å²) in [6.07, 6.45) is 7.40. The lowest BCUT2D eigenvalue weighted by Gasteiger charge is -2.42. The van der Waals surface area contributed by atoms with Gasteiger partial charge in [-0.2, -0.15) is 13.2 Å². The van der Waals surface area contributed by atoms with Gasteiger partial charge in [0.1, 0.15) is 17.0 Å². The van der Waals surface area contributed by atoms with Crippen LogP contribution in [0.2, 0.25) is 5.02 Å². The highest BCUT2D eigenvalue weighted by Gasteiger charge is 2.48. The van der Waals surface area contributed by atoms with Gasteiger partial charge in [0.2, 0.25) is 0 Å². The highest BCUT2D eigenvalue weighted by atomic mass is 35.5. The number of nitrogens with zero attached hydrogens (tertiary/aromatic N) is 5. The Labute approximate surface area is 402 Å². The van der Waals surface area contributed by atoms with Crippen LogP contribution < -0.4 is 10.0 Å². The van der Waals surface area contributed by atoms with Crippen molar-refractivity contribution in [2.75, 3.05) is 74.8 Å². The number of halogens is 4. The molecule has 12 nitrogen and oxygen atoms in total. The third kappa shape index (κ3) is 12.4. The van der Waals surface area contributed by atoms with E-state index in [1.165, 1.54) is 34.8 Å². The molecule has 4 aromatic rings. The molecule has 4 aliphatic rings. The molecule has 1 aliphatic carbocycles. The molecule has 0 amide bonds. The topological polar surface area (TPSA) is 137 Å². The van der Waals surface area contributed by atoms with Gasteiger partial charge in [-0.15, -0.1) is 11.8 Å². The zero-order valence-electron chi connectivity index (χ0n) is 37.9. The van der Waals surface area contributed by atoms with Gasteiger partial charge in [0.15, 0.2) is 0 Å². The van der Waals surface area contributed by atoms with Crippen molar-refractivity contribution in [3.63, 3.8) is 0 Å². The first-order valence-electron chi connectivity index (χ1n) is 22.9. The second-order valence-corrected chi connectivity index (χ2v) is 23.8. The number of anilines is 2. The van der Waals surface area contributed by atoms with Gasteiger partial charge in [0.05, 0.1) is 29.5 Å². The van der Waals surface area contributed by atoms with E-state index in [9.17, 15) is 30.0 Å². The van der Waals surface area contributed by atoms with E-state index in [-0.39, 0.29) is 16.9 Å². The Balaban J connectivity index is 0.952. The molecule has 3 aromatic carbocycles. The van der Waals surface area contributed by atoms with Crippen LogP contribution in [-0.2, 0) is 37.6 Å². The molecule has 0 saturated carbocycles. The second-order valence-electron chi connectivity index (χ2n) is 18.7. The molecule has 3 aliphatic heterocycles. The summed E-state index contributed by atoms with van der Waals surface area (Å²) >= 11 is 7.70. The largest absolute Gasteiger partial charge is 0.501 e. The van der Waals surface area contributed by atoms with Crippen LogP contribution in [0.5, 0.6) is 0 Å². The van der Waals surface area contributed by atoms with Gasteiger partial charge in [0.25, 0.3) is 19.9 Å². The SMILES string of the molecule is CC1(C)CCC(c2ccc(Cl)cc2)=C(CN2CCC(N3CCc4c(ncnc4NS(=O)(=O)c4ccc(N[C@H](CCN5CCOCC5)CSc5ccccc5)c(S(=O)(=O)C(F)(F)F)c4)C3)CC2)C1. The Morgan fingerprint density at radius 2 is 1.64 bits per heavy atom. The van der Waals surface area contributed by atoms with E-state index in [0.29, 0.717) is 87.9 Å². The number of thioether (sulfide) groups is 1. The van der Waals surface area contributed by atoms with Crippen LogP contribution in [0.25, 0.3) is 5.57 Å². The predicted molar refractivity (Wildman–Crippen MR) is 259 cm³/mol. The van der Waals surface area contributed by atoms with Crippen LogP contribution in [0.15, 0.2) is 99.4 Å². The Hall–Kier alpha value is -3.75. The van der Waals surface area contributed by atoms with Crippen molar-refractivity contribution >= 4 is 60.3 Å². The summed E-state index contributed by atoms with van der Waals surface area (Å²) in [4.78, 5) is 15.0. The summed E-state index contributed by atoms with van der Waals surface area (Å²) < 4.78 is 105. The molecule has 19 heteroatoms.